The smallest absolute Gasteiger partial charge is 0.117 e. The van der Waals surface area contributed by atoms with Crippen LogP contribution in [0.5, 0.6) is 0 Å². The number of nitrogens with zero attached hydrogens (tertiary/aromatic N) is 2. The lowest BCUT2D eigenvalue weighted by Crippen LogP contribution is -2.37. The van der Waals surface area contributed by atoms with Crippen LogP contribution in [0.3, 0.4) is 0 Å². The van der Waals surface area contributed by atoms with Gasteiger partial charge in [-0.05, 0) is 25.0 Å². The molecular formula is C15H23N3O. The summed E-state index contributed by atoms with van der Waals surface area (Å²) in [5.74, 6) is 1.01. The molecule has 0 unspecified atom stereocenters. The molecule has 0 saturated heterocycles. The van der Waals surface area contributed by atoms with Crippen molar-refractivity contribution >= 4 is 11.0 Å². The van der Waals surface area contributed by atoms with Crippen LogP contribution in [0.15, 0.2) is 24.3 Å². The van der Waals surface area contributed by atoms with Crippen molar-refractivity contribution in [3.8, 4) is 0 Å². The summed E-state index contributed by atoms with van der Waals surface area (Å²) in [6, 6.07) is 8.06. The summed E-state index contributed by atoms with van der Waals surface area (Å²) < 4.78 is 2.12. The summed E-state index contributed by atoms with van der Waals surface area (Å²) in [7, 11) is 0. The number of nitrogens with two attached hydrogens (primary N) is 1. The molecule has 2 rings (SSSR count). The van der Waals surface area contributed by atoms with Gasteiger partial charge in [0.25, 0.3) is 0 Å². The van der Waals surface area contributed by atoms with Gasteiger partial charge < -0.3 is 15.4 Å². The lowest BCUT2D eigenvalue weighted by molar-refractivity contribution is 0.268. The molecule has 104 valence electrons. The molecule has 0 aliphatic carbocycles. The van der Waals surface area contributed by atoms with Crippen molar-refractivity contribution in [2.75, 3.05) is 13.2 Å². The highest BCUT2D eigenvalue weighted by atomic mass is 16.3. The van der Waals surface area contributed by atoms with Crippen LogP contribution in [0.2, 0.25) is 0 Å². The minimum absolute atomic E-state index is 0.103. The van der Waals surface area contributed by atoms with E-state index in [1.165, 1.54) is 0 Å². The van der Waals surface area contributed by atoms with Crippen LogP contribution in [-0.2, 0) is 12.0 Å². The van der Waals surface area contributed by atoms with Gasteiger partial charge in [0.2, 0.25) is 0 Å². The van der Waals surface area contributed by atoms with Gasteiger partial charge in [-0.3, -0.25) is 0 Å². The fraction of sp³-hybridized carbons (Fsp3) is 0.533. The van der Waals surface area contributed by atoms with E-state index in [1.807, 2.05) is 24.3 Å². The second-order valence-electron chi connectivity index (χ2n) is 4.99. The number of rotatable bonds is 6. The van der Waals surface area contributed by atoms with Crippen molar-refractivity contribution in [2.45, 2.75) is 38.6 Å². The summed E-state index contributed by atoms with van der Waals surface area (Å²) in [6.45, 7) is 5.56. The minimum atomic E-state index is -0.103. The highest BCUT2D eigenvalue weighted by Crippen LogP contribution is 2.32. The number of aliphatic hydroxyl groups excluding tert-OH is 1. The number of benzene rings is 1. The van der Waals surface area contributed by atoms with Crippen molar-refractivity contribution in [3.63, 3.8) is 0 Å². The second-order valence-corrected chi connectivity index (χ2v) is 4.99. The molecule has 4 heteroatoms. The van der Waals surface area contributed by atoms with Gasteiger partial charge in [0.1, 0.15) is 5.82 Å². The van der Waals surface area contributed by atoms with Crippen LogP contribution in [0.1, 0.15) is 32.5 Å². The maximum Gasteiger partial charge on any atom is 0.117 e. The summed E-state index contributed by atoms with van der Waals surface area (Å²) in [4.78, 5) is 4.79. The second kappa shape index (κ2) is 5.72. The van der Waals surface area contributed by atoms with E-state index in [-0.39, 0.29) is 12.0 Å². The van der Waals surface area contributed by atoms with Gasteiger partial charge in [0.15, 0.2) is 0 Å². The Morgan fingerprint density at radius 1 is 1.26 bits per heavy atom. The highest BCUT2D eigenvalue weighted by Gasteiger charge is 2.32. The van der Waals surface area contributed by atoms with Gasteiger partial charge >= 0.3 is 0 Å². The third-order valence-electron chi connectivity index (χ3n) is 4.20. The van der Waals surface area contributed by atoms with Gasteiger partial charge in [0, 0.05) is 18.5 Å². The van der Waals surface area contributed by atoms with Gasteiger partial charge in [0.05, 0.1) is 17.6 Å². The quantitative estimate of drug-likeness (QED) is 0.836. The molecule has 0 spiro atoms. The lowest BCUT2D eigenvalue weighted by atomic mass is 9.81. The first-order valence-electron chi connectivity index (χ1n) is 6.99. The SMILES string of the molecule is CCC(CC)(CN)c1nc2ccccc2n1CCO. The van der Waals surface area contributed by atoms with Crippen molar-refractivity contribution in [1.82, 2.24) is 9.55 Å². The molecular weight excluding hydrogens is 238 g/mol. The van der Waals surface area contributed by atoms with E-state index in [4.69, 9.17) is 10.7 Å². The molecule has 1 aromatic heterocycles. The Kier molecular flexibility index (Phi) is 4.22. The van der Waals surface area contributed by atoms with Crippen LogP contribution >= 0.6 is 0 Å². The van der Waals surface area contributed by atoms with Crippen molar-refractivity contribution in [3.05, 3.63) is 30.1 Å². The topological polar surface area (TPSA) is 64.1 Å². The molecule has 0 aliphatic heterocycles. The van der Waals surface area contributed by atoms with E-state index in [9.17, 15) is 5.11 Å². The van der Waals surface area contributed by atoms with E-state index in [0.717, 1.165) is 29.7 Å². The largest absolute Gasteiger partial charge is 0.395 e. The molecule has 0 bridgehead atoms. The molecule has 2 aromatic rings. The lowest BCUT2D eigenvalue weighted by Gasteiger charge is -2.30. The Bertz CT molecular complexity index is 535. The predicted molar refractivity (Wildman–Crippen MR) is 78.1 cm³/mol. The van der Waals surface area contributed by atoms with Crippen LogP contribution in [0, 0.1) is 0 Å². The molecule has 1 heterocycles. The monoisotopic (exact) mass is 261 g/mol. The molecule has 4 nitrogen and oxygen atoms in total. The summed E-state index contributed by atoms with van der Waals surface area (Å²) in [5, 5.41) is 9.33. The zero-order valence-electron chi connectivity index (χ0n) is 11.8. The number of imidazole rings is 1. The third kappa shape index (κ3) is 2.26. The first-order chi connectivity index (χ1) is 9.22. The fourth-order valence-corrected chi connectivity index (χ4v) is 2.75. The highest BCUT2D eigenvalue weighted by molar-refractivity contribution is 5.76. The maximum atomic E-state index is 9.33. The predicted octanol–water partition coefficient (Wildman–Crippen LogP) is 2.05. The summed E-state index contributed by atoms with van der Waals surface area (Å²) >= 11 is 0. The first-order valence-corrected chi connectivity index (χ1v) is 6.99. The van der Waals surface area contributed by atoms with E-state index in [0.29, 0.717) is 13.1 Å². The Morgan fingerprint density at radius 2 is 1.95 bits per heavy atom. The number of para-hydroxylation sites is 2. The normalized spacial score (nSPS) is 12.2. The maximum absolute atomic E-state index is 9.33. The molecule has 1 aromatic carbocycles. The Hall–Kier alpha value is -1.39. The molecule has 0 saturated carbocycles. The number of hydrogen-bond acceptors (Lipinski definition) is 3. The zero-order chi connectivity index (χ0) is 13.9. The Morgan fingerprint density at radius 3 is 2.53 bits per heavy atom. The molecule has 0 radical (unpaired) electrons. The molecule has 0 aliphatic rings. The van der Waals surface area contributed by atoms with Gasteiger partial charge in [-0.2, -0.15) is 0 Å². The van der Waals surface area contributed by atoms with Crippen LogP contribution in [0.25, 0.3) is 11.0 Å². The molecule has 19 heavy (non-hydrogen) atoms. The average molecular weight is 261 g/mol. The standard InChI is InChI=1S/C15H23N3O/c1-3-15(4-2,11-16)14-17-12-7-5-6-8-13(12)18(14)9-10-19/h5-8,19H,3-4,9-11,16H2,1-2H3. The van der Waals surface area contributed by atoms with E-state index >= 15 is 0 Å². The summed E-state index contributed by atoms with van der Waals surface area (Å²) in [6.07, 6.45) is 1.91. The van der Waals surface area contributed by atoms with Gasteiger partial charge in [-0.15, -0.1) is 0 Å². The molecule has 3 N–H and O–H groups in total. The third-order valence-corrected chi connectivity index (χ3v) is 4.20. The van der Waals surface area contributed by atoms with Crippen molar-refractivity contribution < 1.29 is 5.11 Å². The summed E-state index contributed by atoms with van der Waals surface area (Å²) in [5.41, 5.74) is 7.98. The van der Waals surface area contributed by atoms with E-state index < -0.39 is 0 Å². The van der Waals surface area contributed by atoms with Crippen LogP contribution in [-0.4, -0.2) is 27.8 Å². The number of hydrogen-bond donors (Lipinski definition) is 2. The number of aliphatic hydroxyl groups is 1. The average Bonchev–Trinajstić information content (AvgIpc) is 2.82. The van der Waals surface area contributed by atoms with Crippen LogP contribution < -0.4 is 5.73 Å². The fourth-order valence-electron chi connectivity index (χ4n) is 2.75. The van der Waals surface area contributed by atoms with Crippen LogP contribution in [0.4, 0.5) is 0 Å². The Balaban J connectivity index is 2.67. The van der Waals surface area contributed by atoms with Crippen molar-refractivity contribution in [2.24, 2.45) is 5.73 Å². The zero-order valence-corrected chi connectivity index (χ0v) is 11.8. The number of fused-ring (bicyclic) bond motifs is 1. The molecule has 0 amide bonds. The van der Waals surface area contributed by atoms with Gasteiger partial charge in [-0.1, -0.05) is 26.0 Å². The van der Waals surface area contributed by atoms with E-state index in [2.05, 4.69) is 18.4 Å². The first kappa shape index (κ1) is 14.0. The van der Waals surface area contributed by atoms with Gasteiger partial charge in [-0.25, -0.2) is 4.98 Å². The molecule has 0 atom stereocenters. The number of aromatic nitrogens is 2. The Labute approximate surface area is 114 Å². The minimum Gasteiger partial charge on any atom is -0.395 e. The van der Waals surface area contributed by atoms with Crippen molar-refractivity contribution in [1.29, 1.82) is 0 Å². The van der Waals surface area contributed by atoms with E-state index in [1.54, 1.807) is 0 Å². The molecule has 0 fully saturated rings.